The Balaban J connectivity index is 2.33. The largest absolute Gasteiger partial charge is 0.481 e. The Morgan fingerprint density at radius 1 is 0.875 bits per heavy atom. The van der Waals surface area contributed by atoms with E-state index in [0.29, 0.717) is 12.8 Å². The summed E-state index contributed by atoms with van der Waals surface area (Å²) in [5.41, 5.74) is 7.42. The lowest BCUT2D eigenvalue weighted by Crippen LogP contribution is -2.59. The molecular formula is C28H41N5O7. The average Bonchev–Trinajstić information content (AvgIpc) is 3.34. The molecule has 1 aromatic carbocycles. The molecule has 6 atom stereocenters. The fraction of sp³-hybridized carbons (Fsp3) is 0.536. The van der Waals surface area contributed by atoms with Crippen LogP contribution in [-0.4, -0.2) is 69.0 Å². The number of para-hydroxylation sites is 1. The Morgan fingerprint density at radius 3 is 2.08 bits per heavy atom. The van der Waals surface area contributed by atoms with Gasteiger partial charge in [0.15, 0.2) is 0 Å². The number of carbonyl (C=O) groups excluding carboxylic acids is 3. The molecule has 2 aromatic rings. The first-order valence-electron chi connectivity index (χ1n) is 13.6. The Morgan fingerprint density at radius 2 is 1.48 bits per heavy atom. The molecule has 0 aliphatic heterocycles. The summed E-state index contributed by atoms with van der Waals surface area (Å²) in [5.74, 6) is -4.96. The first kappa shape index (κ1) is 32.3. The number of fused-ring (bicyclic) bond motifs is 1. The Kier molecular flexibility index (Phi) is 12.1. The Hall–Kier alpha value is -3.93. The van der Waals surface area contributed by atoms with Crippen molar-refractivity contribution in [2.24, 2.45) is 17.6 Å². The maximum Gasteiger partial charge on any atom is 0.326 e. The van der Waals surface area contributed by atoms with Gasteiger partial charge in [-0.15, -0.1) is 0 Å². The number of hydrogen-bond donors (Lipinski definition) is 7. The number of carboxylic acids is 2. The lowest BCUT2D eigenvalue weighted by Gasteiger charge is -2.28. The second kappa shape index (κ2) is 15.0. The van der Waals surface area contributed by atoms with Crippen LogP contribution < -0.4 is 21.7 Å². The molecule has 6 unspecified atom stereocenters. The van der Waals surface area contributed by atoms with Crippen molar-refractivity contribution in [1.29, 1.82) is 0 Å². The second-order valence-electron chi connectivity index (χ2n) is 10.2. The van der Waals surface area contributed by atoms with Crippen LogP contribution in [0.15, 0.2) is 30.5 Å². The summed E-state index contributed by atoms with van der Waals surface area (Å²) < 4.78 is 0. The summed E-state index contributed by atoms with van der Waals surface area (Å²) >= 11 is 0. The molecule has 0 spiro atoms. The molecule has 8 N–H and O–H groups in total. The van der Waals surface area contributed by atoms with Gasteiger partial charge in [0.2, 0.25) is 17.7 Å². The van der Waals surface area contributed by atoms with E-state index in [-0.39, 0.29) is 31.1 Å². The number of benzene rings is 1. The molecular weight excluding hydrogens is 518 g/mol. The van der Waals surface area contributed by atoms with Gasteiger partial charge in [0.25, 0.3) is 0 Å². The number of rotatable bonds is 16. The van der Waals surface area contributed by atoms with Crippen molar-refractivity contribution in [3.05, 3.63) is 36.0 Å². The number of carboxylic acid groups (broad SMARTS) is 2. The van der Waals surface area contributed by atoms with Crippen molar-refractivity contribution in [3.8, 4) is 0 Å². The highest BCUT2D eigenvalue weighted by Gasteiger charge is 2.34. The first-order chi connectivity index (χ1) is 18.9. The number of aliphatic carboxylic acids is 2. The molecule has 2 rings (SSSR count). The monoisotopic (exact) mass is 559 g/mol. The quantitative estimate of drug-likeness (QED) is 0.160. The zero-order valence-corrected chi connectivity index (χ0v) is 23.4. The highest BCUT2D eigenvalue weighted by Crippen LogP contribution is 2.20. The number of nitrogens with one attached hydrogen (secondary N) is 4. The van der Waals surface area contributed by atoms with Gasteiger partial charge in [0.1, 0.15) is 18.1 Å². The lowest BCUT2D eigenvalue weighted by atomic mass is 9.96. The van der Waals surface area contributed by atoms with Crippen LogP contribution in [0.4, 0.5) is 0 Å². The molecule has 0 fully saturated rings. The zero-order valence-electron chi connectivity index (χ0n) is 23.4. The summed E-state index contributed by atoms with van der Waals surface area (Å²) in [6.45, 7) is 7.12. The van der Waals surface area contributed by atoms with E-state index >= 15 is 0 Å². The second-order valence-corrected chi connectivity index (χ2v) is 10.2. The fourth-order valence-electron chi connectivity index (χ4n) is 4.30. The molecule has 3 amide bonds. The number of amides is 3. The van der Waals surface area contributed by atoms with Crippen molar-refractivity contribution < 1.29 is 34.2 Å². The van der Waals surface area contributed by atoms with E-state index in [9.17, 15) is 29.1 Å². The molecule has 0 saturated carbocycles. The molecule has 12 nitrogen and oxygen atoms in total. The minimum atomic E-state index is -1.18. The minimum absolute atomic E-state index is 0.0632. The van der Waals surface area contributed by atoms with E-state index in [4.69, 9.17) is 10.8 Å². The predicted molar refractivity (Wildman–Crippen MR) is 149 cm³/mol. The molecule has 12 heteroatoms. The van der Waals surface area contributed by atoms with Crippen molar-refractivity contribution in [2.45, 2.75) is 84.0 Å². The highest BCUT2D eigenvalue weighted by atomic mass is 16.4. The third-order valence-corrected chi connectivity index (χ3v) is 7.31. The van der Waals surface area contributed by atoms with Gasteiger partial charge in [-0.1, -0.05) is 58.7 Å². The van der Waals surface area contributed by atoms with Crippen molar-refractivity contribution in [3.63, 3.8) is 0 Å². The third-order valence-electron chi connectivity index (χ3n) is 7.31. The van der Waals surface area contributed by atoms with E-state index < -0.39 is 53.8 Å². The zero-order chi connectivity index (χ0) is 30.0. The summed E-state index contributed by atoms with van der Waals surface area (Å²) in [6, 6.07) is 2.95. The topological polar surface area (TPSA) is 204 Å². The smallest absolute Gasteiger partial charge is 0.326 e. The Labute approximate surface area is 233 Å². The van der Waals surface area contributed by atoms with Gasteiger partial charge in [0.05, 0.1) is 6.04 Å². The molecule has 0 radical (unpaired) electrons. The van der Waals surface area contributed by atoms with Crippen LogP contribution in [0, 0.1) is 11.8 Å². The maximum absolute atomic E-state index is 13.5. The lowest BCUT2D eigenvalue weighted by molar-refractivity contribution is -0.144. The van der Waals surface area contributed by atoms with Gasteiger partial charge in [-0.05, 0) is 29.9 Å². The summed E-state index contributed by atoms with van der Waals surface area (Å²) in [5, 5.41) is 27.3. The van der Waals surface area contributed by atoms with Crippen LogP contribution in [0.5, 0.6) is 0 Å². The fourth-order valence-corrected chi connectivity index (χ4v) is 4.30. The van der Waals surface area contributed by atoms with Crippen LogP contribution in [0.2, 0.25) is 0 Å². The van der Waals surface area contributed by atoms with E-state index in [1.807, 2.05) is 38.1 Å². The number of nitrogens with two attached hydrogens (primary N) is 1. The van der Waals surface area contributed by atoms with Gasteiger partial charge in [-0.3, -0.25) is 19.2 Å². The van der Waals surface area contributed by atoms with Crippen molar-refractivity contribution in [2.75, 3.05) is 0 Å². The molecule has 0 aliphatic rings. The third kappa shape index (κ3) is 8.80. The number of carbonyl (C=O) groups is 5. The molecule has 0 bridgehead atoms. The number of hydrogen-bond acceptors (Lipinski definition) is 6. The molecule has 1 aromatic heterocycles. The number of H-pyrrole nitrogens is 1. The minimum Gasteiger partial charge on any atom is -0.481 e. The van der Waals surface area contributed by atoms with Crippen molar-refractivity contribution >= 4 is 40.6 Å². The van der Waals surface area contributed by atoms with E-state index in [0.717, 1.165) is 16.5 Å². The number of aromatic nitrogens is 1. The molecule has 0 saturated heterocycles. The molecule has 1 heterocycles. The first-order valence-corrected chi connectivity index (χ1v) is 13.6. The van der Waals surface area contributed by atoms with E-state index in [1.165, 1.54) is 0 Å². The Bertz CT molecular complexity index is 1200. The van der Waals surface area contributed by atoms with Gasteiger partial charge < -0.3 is 36.9 Å². The molecule has 0 aliphatic carbocycles. The normalized spacial score (nSPS) is 15.7. The van der Waals surface area contributed by atoms with Crippen LogP contribution in [0.1, 0.15) is 58.9 Å². The predicted octanol–water partition coefficient (Wildman–Crippen LogP) is 1.53. The van der Waals surface area contributed by atoms with E-state index in [1.54, 1.807) is 20.0 Å². The van der Waals surface area contributed by atoms with Gasteiger partial charge in [0, 0.05) is 29.9 Å². The summed E-state index contributed by atoms with van der Waals surface area (Å²) in [4.78, 5) is 65.5. The van der Waals surface area contributed by atoms with Crippen LogP contribution in [0.25, 0.3) is 10.9 Å². The van der Waals surface area contributed by atoms with Gasteiger partial charge in [-0.2, -0.15) is 0 Å². The standard InChI is InChI=1S/C28H41N5O7/c1-5-15(3)23(32-25(36)19(29)11-12-22(34)35)27(38)31-21(26(37)33-24(28(39)40)16(4)6-2)13-17-14-30-20-10-8-7-9-18(17)20/h7-10,14-16,19,21,23-24,30H,5-6,11-13,29H2,1-4H3,(H,31,38)(H,32,36)(H,33,37)(H,34,35)(H,39,40). The number of aromatic amines is 1. The van der Waals surface area contributed by atoms with Crippen molar-refractivity contribution in [1.82, 2.24) is 20.9 Å². The average molecular weight is 560 g/mol. The van der Waals surface area contributed by atoms with Crippen LogP contribution in [-0.2, 0) is 30.4 Å². The maximum atomic E-state index is 13.5. The SMILES string of the molecule is CCC(C)C(NC(=O)C(Cc1c[nH]c2ccccc12)NC(=O)C(NC(=O)C(N)CCC(=O)O)C(C)CC)C(=O)O. The van der Waals surface area contributed by atoms with Gasteiger partial charge >= 0.3 is 11.9 Å². The van der Waals surface area contributed by atoms with Gasteiger partial charge in [-0.25, -0.2) is 4.79 Å². The molecule has 220 valence electrons. The molecule has 40 heavy (non-hydrogen) atoms. The van der Waals surface area contributed by atoms with E-state index in [2.05, 4.69) is 20.9 Å². The highest BCUT2D eigenvalue weighted by molar-refractivity contribution is 5.95. The van der Waals surface area contributed by atoms with Crippen LogP contribution >= 0.6 is 0 Å². The summed E-state index contributed by atoms with van der Waals surface area (Å²) in [7, 11) is 0. The van der Waals surface area contributed by atoms with Crippen LogP contribution in [0.3, 0.4) is 0 Å². The summed E-state index contributed by atoms with van der Waals surface area (Å²) in [6.07, 6.45) is 2.41.